The van der Waals surface area contributed by atoms with Crippen LogP contribution < -0.4 is 27.2 Å². The molecular weight excluding hydrogens is 446 g/mol. The average molecular weight is 480 g/mol. The molecule has 2 aromatic heterocycles. The highest BCUT2D eigenvalue weighted by molar-refractivity contribution is 5.78. The maximum absolute atomic E-state index is 13.7. The van der Waals surface area contributed by atoms with E-state index in [-0.39, 0.29) is 24.5 Å². The van der Waals surface area contributed by atoms with Gasteiger partial charge in [0.05, 0.1) is 6.54 Å². The Morgan fingerprint density at radius 1 is 1.09 bits per heavy atom. The van der Waals surface area contributed by atoms with Gasteiger partial charge in [0.2, 0.25) is 11.9 Å². The van der Waals surface area contributed by atoms with E-state index in [1.807, 2.05) is 34.9 Å². The van der Waals surface area contributed by atoms with E-state index >= 15 is 0 Å². The van der Waals surface area contributed by atoms with Gasteiger partial charge in [0.25, 0.3) is 5.56 Å². The van der Waals surface area contributed by atoms with Gasteiger partial charge in [-0.3, -0.25) is 18.7 Å². The molecule has 0 bridgehead atoms. The summed E-state index contributed by atoms with van der Waals surface area (Å²) in [6.45, 7) is 1.51. The Morgan fingerprint density at radius 2 is 1.83 bits per heavy atom. The van der Waals surface area contributed by atoms with Crippen LogP contribution in [0.15, 0.2) is 39.9 Å². The standard InChI is InChI=1S/C25H33N7O3/c1-29-22-21(23(34)32(25(29)35)16-20(33)27-19-11-5-6-12-19)31(14-17-8-3-2-4-9-17)24(28-22)30-13-7-10-18(26)15-30/h2-4,8-9,18-19H,5-7,10-16,26H2,1H3,(H,27,33). The Morgan fingerprint density at radius 3 is 2.54 bits per heavy atom. The average Bonchev–Trinajstić information content (AvgIpc) is 3.49. The number of hydrogen-bond donors (Lipinski definition) is 2. The molecule has 1 aliphatic heterocycles. The number of rotatable bonds is 6. The molecule has 10 heteroatoms. The number of benzene rings is 1. The molecule has 3 heterocycles. The molecule has 1 saturated heterocycles. The first-order chi connectivity index (χ1) is 16.9. The molecule has 1 unspecified atom stereocenters. The van der Waals surface area contributed by atoms with Crippen molar-refractivity contribution in [1.82, 2.24) is 24.0 Å². The number of aromatic nitrogens is 4. The lowest BCUT2D eigenvalue weighted by Gasteiger charge is -2.31. The summed E-state index contributed by atoms with van der Waals surface area (Å²) in [5.74, 6) is 0.311. The molecule has 35 heavy (non-hydrogen) atoms. The van der Waals surface area contributed by atoms with Crippen LogP contribution in [0.1, 0.15) is 44.1 Å². The molecular formula is C25H33N7O3. The molecule has 186 valence electrons. The van der Waals surface area contributed by atoms with Crippen LogP contribution in [0.4, 0.5) is 5.95 Å². The number of carbonyl (C=O) groups excluding carboxylic acids is 1. The zero-order valence-corrected chi connectivity index (χ0v) is 20.2. The summed E-state index contributed by atoms with van der Waals surface area (Å²) in [6.07, 6.45) is 5.91. The van der Waals surface area contributed by atoms with Gasteiger partial charge in [-0.25, -0.2) is 9.36 Å². The number of amides is 1. The summed E-state index contributed by atoms with van der Waals surface area (Å²) in [4.78, 5) is 46.4. The van der Waals surface area contributed by atoms with E-state index in [0.29, 0.717) is 30.2 Å². The van der Waals surface area contributed by atoms with Crippen molar-refractivity contribution in [2.75, 3.05) is 18.0 Å². The number of hydrogen-bond acceptors (Lipinski definition) is 6. The number of anilines is 1. The summed E-state index contributed by atoms with van der Waals surface area (Å²) < 4.78 is 4.27. The zero-order valence-electron chi connectivity index (χ0n) is 20.2. The van der Waals surface area contributed by atoms with Crippen LogP contribution in [0.25, 0.3) is 11.2 Å². The second-order valence-electron chi connectivity index (χ2n) is 9.79. The van der Waals surface area contributed by atoms with Crippen molar-refractivity contribution in [2.45, 2.75) is 63.7 Å². The van der Waals surface area contributed by atoms with E-state index < -0.39 is 11.2 Å². The number of fused-ring (bicyclic) bond motifs is 1. The Bertz CT molecular complexity index is 1340. The van der Waals surface area contributed by atoms with Crippen molar-refractivity contribution in [2.24, 2.45) is 12.8 Å². The Hall–Kier alpha value is -3.40. The number of imidazole rings is 1. The Kier molecular flexibility index (Phi) is 6.46. The predicted octanol–water partition coefficient (Wildman–Crippen LogP) is 0.931. The molecule has 1 aliphatic carbocycles. The number of nitrogens with one attached hydrogen (secondary N) is 1. The van der Waals surface area contributed by atoms with E-state index in [0.717, 1.165) is 55.2 Å². The maximum atomic E-state index is 13.7. The second kappa shape index (κ2) is 9.69. The van der Waals surface area contributed by atoms with E-state index in [4.69, 9.17) is 10.7 Å². The molecule has 3 aromatic rings. The van der Waals surface area contributed by atoms with Gasteiger partial charge in [-0.2, -0.15) is 4.98 Å². The first kappa shape index (κ1) is 23.3. The monoisotopic (exact) mass is 479 g/mol. The van der Waals surface area contributed by atoms with Crippen molar-refractivity contribution in [1.29, 1.82) is 0 Å². The van der Waals surface area contributed by atoms with Crippen LogP contribution in [-0.4, -0.2) is 49.8 Å². The van der Waals surface area contributed by atoms with Gasteiger partial charge < -0.3 is 16.0 Å². The maximum Gasteiger partial charge on any atom is 0.332 e. The second-order valence-corrected chi connectivity index (χ2v) is 9.79. The topological polar surface area (TPSA) is 120 Å². The summed E-state index contributed by atoms with van der Waals surface area (Å²) in [6, 6.07) is 9.97. The predicted molar refractivity (Wildman–Crippen MR) is 135 cm³/mol. The summed E-state index contributed by atoms with van der Waals surface area (Å²) in [5.41, 5.74) is 6.84. The third-order valence-electron chi connectivity index (χ3n) is 7.16. The van der Waals surface area contributed by atoms with Gasteiger partial charge in [0.1, 0.15) is 6.54 Å². The fraction of sp³-hybridized carbons (Fsp3) is 0.520. The molecule has 2 aliphatic rings. The van der Waals surface area contributed by atoms with Crippen LogP contribution in [0, 0.1) is 0 Å². The fourth-order valence-corrected chi connectivity index (χ4v) is 5.34. The van der Waals surface area contributed by atoms with Crippen molar-refractivity contribution >= 4 is 23.0 Å². The minimum absolute atomic E-state index is 0.0218. The van der Waals surface area contributed by atoms with Gasteiger partial charge in [0, 0.05) is 32.2 Å². The highest BCUT2D eigenvalue weighted by Gasteiger charge is 2.27. The molecule has 1 saturated carbocycles. The third kappa shape index (κ3) is 4.62. The summed E-state index contributed by atoms with van der Waals surface area (Å²) in [7, 11) is 1.60. The smallest absolute Gasteiger partial charge is 0.332 e. The minimum Gasteiger partial charge on any atom is -0.352 e. The molecule has 1 atom stereocenters. The Balaban J connectivity index is 1.61. The van der Waals surface area contributed by atoms with Gasteiger partial charge in [-0.05, 0) is 31.2 Å². The number of carbonyl (C=O) groups is 1. The normalized spacial score (nSPS) is 18.9. The van der Waals surface area contributed by atoms with Crippen LogP contribution in [0.5, 0.6) is 0 Å². The van der Waals surface area contributed by atoms with Crippen molar-refractivity contribution in [3.05, 3.63) is 56.7 Å². The van der Waals surface area contributed by atoms with Gasteiger partial charge in [0.15, 0.2) is 11.2 Å². The van der Waals surface area contributed by atoms with E-state index in [9.17, 15) is 14.4 Å². The molecule has 3 N–H and O–H groups in total. The van der Waals surface area contributed by atoms with E-state index in [1.54, 1.807) is 7.05 Å². The quantitative estimate of drug-likeness (QED) is 0.543. The lowest BCUT2D eigenvalue weighted by atomic mass is 10.1. The Labute approximate surface area is 203 Å². The lowest BCUT2D eigenvalue weighted by Crippen LogP contribution is -2.45. The zero-order chi connectivity index (χ0) is 24.5. The van der Waals surface area contributed by atoms with Crippen molar-refractivity contribution in [3.8, 4) is 0 Å². The third-order valence-corrected chi connectivity index (χ3v) is 7.16. The summed E-state index contributed by atoms with van der Waals surface area (Å²) in [5, 5.41) is 2.97. The molecule has 0 spiro atoms. The van der Waals surface area contributed by atoms with Gasteiger partial charge in [-0.15, -0.1) is 0 Å². The number of nitrogens with zero attached hydrogens (tertiary/aromatic N) is 5. The molecule has 2 fully saturated rings. The number of nitrogens with two attached hydrogens (primary N) is 1. The van der Waals surface area contributed by atoms with Gasteiger partial charge in [-0.1, -0.05) is 43.2 Å². The SMILES string of the molecule is Cn1c(=O)n(CC(=O)NC2CCCC2)c(=O)c2c1nc(N1CCCC(N)C1)n2Cc1ccccc1. The number of aryl methyl sites for hydroxylation is 1. The van der Waals surface area contributed by atoms with Crippen molar-refractivity contribution in [3.63, 3.8) is 0 Å². The lowest BCUT2D eigenvalue weighted by molar-refractivity contribution is -0.122. The van der Waals surface area contributed by atoms with Crippen LogP contribution >= 0.6 is 0 Å². The number of piperidine rings is 1. The van der Waals surface area contributed by atoms with Gasteiger partial charge >= 0.3 is 5.69 Å². The molecule has 10 nitrogen and oxygen atoms in total. The highest BCUT2D eigenvalue weighted by Crippen LogP contribution is 2.24. The first-order valence-electron chi connectivity index (χ1n) is 12.5. The van der Waals surface area contributed by atoms with Crippen LogP contribution in [0.3, 0.4) is 0 Å². The first-order valence-corrected chi connectivity index (χ1v) is 12.5. The molecule has 0 radical (unpaired) electrons. The van der Waals surface area contributed by atoms with Crippen LogP contribution in [0.2, 0.25) is 0 Å². The summed E-state index contributed by atoms with van der Waals surface area (Å²) >= 11 is 0. The van der Waals surface area contributed by atoms with Crippen LogP contribution in [-0.2, 0) is 24.9 Å². The molecule has 1 amide bonds. The fourth-order valence-electron chi connectivity index (χ4n) is 5.34. The molecule has 1 aromatic carbocycles. The highest BCUT2D eigenvalue weighted by atomic mass is 16.2. The minimum atomic E-state index is -0.546. The van der Waals surface area contributed by atoms with E-state index in [1.165, 1.54) is 4.57 Å². The van der Waals surface area contributed by atoms with Crippen molar-refractivity contribution < 1.29 is 4.79 Å². The van der Waals surface area contributed by atoms with E-state index in [2.05, 4.69) is 10.2 Å². The molecule has 5 rings (SSSR count). The largest absolute Gasteiger partial charge is 0.352 e.